The zero-order valence-corrected chi connectivity index (χ0v) is 12.8. The Bertz CT molecular complexity index is 710. The van der Waals surface area contributed by atoms with E-state index in [1.807, 2.05) is 0 Å². The average Bonchev–Trinajstić information content (AvgIpc) is 2.86. The number of rotatable bonds is 7. The monoisotopic (exact) mass is 343 g/mol. The fourth-order valence-corrected chi connectivity index (χ4v) is 2.11. The summed E-state index contributed by atoms with van der Waals surface area (Å²) in [6, 6.07) is 7.80. The van der Waals surface area contributed by atoms with E-state index in [1.54, 1.807) is 25.1 Å². The van der Waals surface area contributed by atoms with E-state index >= 15 is 0 Å². The highest BCUT2D eigenvalue weighted by atomic mass is 19.4. The minimum Gasteiger partial charge on any atom is -0.484 e. The van der Waals surface area contributed by atoms with Gasteiger partial charge in [-0.05, 0) is 19.1 Å². The van der Waals surface area contributed by atoms with Crippen molar-refractivity contribution in [3.05, 3.63) is 53.0 Å². The lowest BCUT2D eigenvalue weighted by Gasteiger charge is -2.13. The molecule has 0 spiro atoms. The Balaban J connectivity index is 1.95. The van der Waals surface area contributed by atoms with E-state index in [2.05, 4.69) is 5.32 Å². The number of benzene rings is 1. The normalized spacial score (nSPS) is 11.5. The predicted octanol–water partition coefficient (Wildman–Crippen LogP) is 3.52. The van der Waals surface area contributed by atoms with Crippen LogP contribution < -0.4 is 10.1 Å². The lowest BCUT2D eigenvalue weighted by atomic mass is 10.2. The van der Waals surface area contributed by atoms with E-state index in [-0.39, 0.29) is 24.4 Å². The van der Waals surface area contributed by atoms with Gasteiger partial charge in [-0.1, -0.05) is 18.2 Å². The molecular formula is C16H16F3NO4. The van der Waals surface area contributed by atoms with Gasteiger partial charge in [0.2, 0.25) is 0 Å². The molecule has 2 rings (SSSR count). The van der Waals surface area contributed by atoms with Gasteiger partial charge in [0.15, 0.2) is 6.61 Å². The maximum absolute atomic E-state index is 12.3. The number of aromatic carboxylic acids is 1. The van der Waals surface area contributed by atoms with Gasteiger partial charge in [0, 0.05) is 12.1 Å². The van der Waals surface area contributed by atoms with E-state index in [0.717, 1.165) is 0 Å². The lowest BCUT2D eigenvalue weighted by Crippen LogP contribution is -2.20. The minimum atomic E-state index is -4.40. The molecule has 2 aromatic rings. The molecule has 0 aliphatic rings. The number of nitrogens with one attached hydrogen (secondary N) is 1. The first-order chi connectivity index (χ1) is 11.3. The molecule has 5 nitrogen and oxygen atoms in total. The number of carboxylic acid groups (broad SMARTS) is 1. The van der Waals surface area contributed by atoms with Crippen LogP contribution in [0.4, 0.5) is 13.2 Å². The molecule has 0 aliphatic heterocycles. The molecule has 1 aromatic heterocycles. The Morgan fingerprint density at radius 2 is 2.00 bits per heavy atom. The third-order valence-electron chi connectivity index (χ3n) is 3.18. The summed E-state index contributed by atoms with van der Waals surface area (Å²) in [5.74, 6) is -0.204. The summed E-state index contributed by atoms with van der Waals surface area (Å²) in [5.41, 5.74) is 0.643. The summed E-state index contributed by atoms with van der Waals surface area (Å²) in [6.07, 6.45) is -4.40. The lowest BCUT2D eigenvalue weighted by molar-refractivity contribution is -0.153. The molecule has 0 amide bonds. The number of halogens is 3. The molecular weight excluding hydrogens is 327 g/mol. The molecule has 0 saturated heterocycles. The molecule has 2 N–H and O–H groups in total. The van der Waals surface area contributed by atoms with Crippen molar-refractivity contribution in [1.82, 2.24) is 5.32 Å². The van der Waals surface area contributed by atoms with Gasteiger partial charge in [0.25, 0.3) is 0 Å². The number of aryl methyl sites for hydroxylation is 1. The van der Waals surface area contributed by atoms with Crippen molar-refractivity contribution < 1.29 is 32.2 Å². The summed E-state index contributed by atoms with van der Waals surface area (Å²) in [5, 5.41) is 11.9. The fraction of sp³-hybridized carbons (Fsp3) is 0.312. The molecule has 1 aromatic carbocycles. The first-order valence-electron chi connectivity index (χ1n) is 7.07. The first kappa shape index (κ1) is 17.9. The van der Waals surface area contributed by atoms with Crippen LogP contribution in [0.1, 0.15) is 27.4 Å². The van der Waals surface area contributed by atoms with Crippen molar-refractivity contribution in [3.63, 3.8) is 0 Å². The molecule has 0 fully saturated rings. The Labute approximate surface area is 136 Å². The smallest absolute Gasteiger partial charge is 0.422 e. The Morgan fingerprint density at radius 1 is 1.29 bits per heavy atom. The largest absolute Gasteiger partial charge is 0.484 e. The summed E-state index contributed by atoms with van der Waals surface area (Å²) >= 11 is 0. The van der Waals surface area contributed by atoms with E-state index in [1.165, 1.54) is 12.1 Å². The van der Waals surface area contributed by atoms with Gasteiger partial charge in [-0.3, -0.25) is 0 Å². The third-order valence-corrected chi connectivity index (χ3v) is 3.18. The van der Waals surface area contributed by atoms with Crippen LogP contribution in [0, 0.1) is 6.92 Å². The molecule has 0 atom stereocenters. The first-order valence-corrected chi connectivity index (χ1v) is 7.07. The second-order valence-corrected chi connectivity index (χ2v) is 5.10. The van der Waals surface area contributed by atoms with E-state index < -0.39 is 18.8 Å². The maximum Gasteiger partial charge on any atom is 0.422 e. The molecule has 0 unspecified atom stereocenters. The summed E-state index contributed by atoms with van der Waals surface area (Å²) in [4.78, 5) is 10.9. The van der Waals surface area contributed by atoms with Gasteiger partial charge in [0.05, 0.1) is 6.54 Å². The van der Waals surface area contributed by atoms with Crippen molar-refractivity contribution in [2.24, 2.45) is 0 Å². The zero-order valence-electron chi connectivity index (χ0n) is 12.8. The second-order valence-electron chi connectivity index (χ2n) is 5.10. The fourth-order valence-electron chi connectivity index (χ4n) is 2.11. The van der Waals surface area contributed by atoms with E-state index in [0.29, 0.717) is 17.1 Å². The van der Waals surface area contributed by atoms with Crippen molar-refractivity contribution in [1.29, 1.82) is 0 Å². The van der Waals surface area contributed by atoms with Crippen LogP contribution in [-0.4, -0.2) is 23.9 Å². The van der Waals surface area contributed by atoms with Crippen LogP contribution >= 0.6 is 0 Å². The summed E-state index contributed by atoms with van der Waals surface area (Å²) in [6.45, 7) is 0.675. The maximum atomic E-state index is 12.3. The molecule has 0 aliphatic carbocycles. The number of carboxylic acids is 1. The highest BCUT2D eigenvalue weighted by Gasteiger charge is 2.28. The Hall–Kier alpha value is -2.48. The predicted molar refractivity (Wildman–Crippen MR) is 78.9 cm³/mol. The van der Waals surface area contributed by atoms with Crippen LogP contribution in [-0.2, 0) is 13.1 Å². The quantitative estimate of drug-likeness (QED) is 0.805. The SMILES string of the molecule is Cc1oc(CNCc2ccccc2OCC(F)(F)F)cc1C(=O)O. The number of furan rings is 1. The second kappa shape index (κ2) is 7.39. The van der Waals surface area contributed by atoms with Crippen molar-refractivity contribution in [2.75, 3.05) is 6.61 Å². The Kier molecular flexibility index (Phi) is 5.50. The standard InChI is InChI=1S/C16H16F3NO4/c1-10-13(15(21)22)6-12(24-10)8-20-7-11-4-2-3-5-14(11)23-9-16(17,18)19/h2-6,20H,7-9H2,1H3,(H,21,22). The van der Waals surface area contributed by atoms with E-state index in [9.17, 15) is 18.0 Å². The van der Waals surface area contributed by atoms with Gasteiger partial charge in [-0.2, -0.15) is 13.2 Å². The van der Waals surface area contributed by atoms with E-state index in [4.69, 9.17) is 14.3 Å². The molecule has 24 heavy (non-hydrogen) atoms. The number of para-hydroxylation sites is 1. The van der Waals surface area contributed by atoms with Crippen LogP contribution in [0.5, 0.6) is 5.75 Å². The minimum absolute atomic E-state index is 0.0840. The molecule has 1 heterocycles. The third kappa shape index (κ3) is 5.02. The topological polar surface area (TPSA) is 71.7 Å². The number of ether oxygens (including phenoxy) is 1. The van der Waals surface area contributed by atoms with Crippen LogP contribution in [0.2, 0.25) is 0 Å². The number of hydrogen-bond donors (Lipinski definition) is 2. The number of carbonyl (C=O) groups is 1. The summed E-state index contributed by atoms with van der Waals surface area (Å²) in [7, 11) is 0. The van der Waals surface area contributed by atoms with Crippen LogP contribution in [0.15, 0.2) is 34.7 Å². The molecule has 8 heteroatoms. The molecule has 130 valence electrons. The van der Waals surface area contributed by atoms with Crippen LogP contribution in [0.3, 0.4) is 0 Å². The van der Waals surface area contributed by atoms with Crippen LogP contribution in [0.25, 0.3) is 0 Å². The van der Waals surface area contributed by atoms with Gasteiger partial charge < -0.3 is 19.6 Å². The average molecular weight is 343 g/mol. The molecule has 0 bridgehead atoms. The van der Waals surface area contributed by atoms with Gasteiger partial charge in [-0.25, -0.2) is 4.79 Å². The van der Waals surface area contributed by atoms with Gasteiger partial charge >= 0.3 is 12.1 Å². The molecule has 0 saturated carbocycles. The molecule has 0 radical (unpaired) electrons. The highest BCUT2D eigenvalue weighted by molar-refractivity contribution is 5.88. The van der Waals surface area contributed by atoms with Crippen molar-refractivity contribution >= 4 is 5.97 Å². The highest BCUT2D eigenvalue weighted by Crippen LogP contribution is 2.22. The van der Waals surface area contributed by atoms with Gasteiger partial charge in [0.1, 0.15) is 22.8 Å². The van der Waals surface area contributed by atoms with Crippen molar-refractivity contribution in [2.45, 2.75) is 26.2 Å². The Morgan fingerprint density at radius 3 is 2.62 bits per heavy atom. The number of hydrogen-bond acceptors (Lipinski definition) is 4. The summed E-state index contributed by atoms with van der Waals surface area (Å²) < 4.78 is 46.9. The van der Waals surface area contributed by atoms with Crippen molar-refractivity contribution in [3.8, 4) is 5.75 Å². The zero-order chi connectivity index (χ0) is 17.7. The number of alkyl halides is 3. The van der Waals surface area contributed by atoms with Gasteiger partial charge in [-0.15, -0.1) is 0 Å².